The first-order valence-electron chi connectivity index (χ1n) is 5.50. The summed E-state index contributed by atoms with van der Waals surface area (Å²) in [7, 11) is 0. The number of nitrogens with two attached hydrogens (primary N) is 1. The molecule has 0 saturated carbocycles. The Balaban J connectivity index is 1.95. The van der Waals surface area contributed by atoms with Crippen LogP contribution in [-0.4, -0.2) is 33.5 Å². The van der Waals surface area contributed by atoms with Crippen molar-refractivity contribution in [1.29, 1.82) is 0 Å². The minimum atomic E-state index is 0.377. The predicted molar refractivity (Wildman–Crippen MR) is 59.1 cm³/mol. The molecule has 0 radical (unpaired) electrons. The molecule has 0 bridgehead atoms. The zero-order valence-corrected chi connectivity index (χ0v) is 9.13. The second kappa shape index (κ2) is 4.68. The molecule has 15 heavy (non-hydrogen) atoms. The quantitative estimate of drug-likeness (QED) is 0.777. The van der Waals surface area contributed by atoms with Gasteiger partial charge in [-0.2, -0.15) is 0 Å². The Morgan fingerprint density at radius 2 is 2.47 bits per heavy atom. The minimum Gasteiger partial charge on any atom is -0.328 e. The molecule has 2 heterocycles. The number of rotatable bonds is 2. The highest BCUT2D eigenvalue weighted by Gasteiger charge is 2.23. The Kier molecular flexibility index (Phi) is 3.28. The van der Waals surface area contributed by atoms with Crippen molar-refractivity contribution in [3.8, 4) is 0 Å². The first kappa shape index (κ1) is 10.5. The van der Waals surface area contributed by atoms with Crippen molar-refractivity contribution in [2.75, 3.05) is 6.54 Å². The van der Waals surface area contributed by atoms with Crippen LogP contribution in [0.4, 0.5) is 0 Å². The lowest BCUT2D eigenvalue weighted by molar-refractivity contribution is 0.138. The van der Waals surface area contributed by atoms with Crippen molar-refractivity contribution < 1.29 is 0 Å². The van der Waals surface area contributed by atoms with Crippen LogP contribution in [0.15, 0.2) is 18.6 Å². The van der Waals surface area contributed by atoms with E-state index in [1.54, 1.807) is 12.5 Å². The van der Waals surface area contributed by atoms with Gasteiger partial charge >= 0.3 is 0 Å². The Labute approximate surface area is 90.5 Å². The first-order chi connectivity index (χ1) is 7.25. The van der Waals surface area contributed by atoms with Crippen LogP contribution in [0.1, 0.15) is 25.5 Å². The maximum absolute atomic E-state index is 5.93. The van der Waals surface area contributed by atoms with Crippen LogP contribution in [0.25, 0.3) is 0 Å². The van der Waals surface area contributed by atoms with Crippen LogP contribution in [0.2, 0.25) is 0 Å². The zero-order valence-electron chi connectivity index (χ0n) is 9.13. The van der Waals surface area contributed by atoms with Crippen LogP contribution in [0.5, 0.6) is 0 Å². The van der Waals surface area contributed by atoms with E-state index in [9.17, 15) is 0 Å². The molecule has 1 fully saturated rings. The Bertz CT molecular complexity index is 301. The van der Waals surface area contributed by atoms with Crippen LogP contribution >= 0.6 is 0 Å². The van der Waals surface area contributed by atoms with Gasteiger partial charge in [0.25, 0.3) is 0 Å². The standard InChI is InChI=1S/C11H18N4/c1-9-6-10(12)3-5-15(9)7-11-2-4-13-8-14-11/h2,4,8-10H,3,5-7,12H2,1H3. The van der Waals surface area contributed by atoms with Gasteiger partial charge in [-0.1, -0.05) is 0 Å². The van der Waals surface area contributed by atoms with Gasteiger partial charge in [-0.3, -0.25) is 4.90 Å². The molecule has 1 aliphatic heterocycles. The lowest BCUT2D eigenvalue weighted by Crippen LogP contribution is -2.45. The van der Waals surface area contributed by atoms with Crippen molar-refractivity contribution in [3.63, 3.8) is 0 Å². The van der Waals surface area contributed by atoms with E-state index in [0.29, 0.717) is 12.1 Å². The predicted octanol–water partition coefficient (Wildman–Crippen LogP) is 0.788. The summed E-state index contributed by atoms with van der Waals surface area (Å²) in [4.78, 5) is 10.6. The molecule has 4 nitrogen and oxygen atoms in total. The molecule has 2 rings (SSSR count). The summed E-state index contributed by atoms with van der Waals surface area (Å²) < 4.78 is 0. The van der Waals surface area contributed by atoms with Gasteiger partial charge in [-0.25, -0.2) is 9.97 Å². The summed E-state index contributed by atoms with van der Waals surface area (Å²) in [5.74, 6) is 0. The Morgan fingerprint density at radius 3 is 3.13 bits per heavy atom. The fraction of sp³-hybridized carbons (Fsp3) is 0.636. The fourth-order valence-electron chi connectivity index (χ4n) is 2.11. The Morgan fingerprint density at radius 1 is 1.60 bits per heavy atom. The van der Waals surface area contributed by atoms with Crippen molar-refractivity contribution in [1.82, 2.24) is 14.9 Å². The smallest absolute Gasteiger partial charge is 0.115 e. The van der Waals surface area contributed by atoms with Gasteiger partial charge in [0.15, 0.2) is 0 Å². The van der Waals surface area contributed by atoms with E-state index in [1.165, 1.54) is 0 Å². The molecule has 2 unspecified atom stereocenters. The third-order valence-corrected chi connectivity index (χ3v) is 3.06. The highest BCUT2D eigenvalue weighted by molar-refractivity contribution is 4.98. The van der Waals surface area contributed by atoms with Crippen molar-refractivity contribution in [2.45, 2.75) is 38.4 Å². The average molecular weight is 206 g/mol. The number of hydrogen-bond donors (Lipinski definition) is 1. The number of nitrogens with zero attached hydrogens (tertiary/aromatic N) is 3. The molecule has 0 aliphatic carbocycles. The van der Waals surface area contributed by atoms with Gasteiger partial charge < -0.3 is 5.73 Å². The molecule has 4 heteroatoms. The summed E-state index contributed by atoms with van der Waals surface area (Å²) >= 11 is 0. The summed E-state index contributed by atoms with van der Waals surface area (Å²) in [6.07, 6.45) is 5.58. The summed E-state index contributed by atoms with van der Waals surface area (Å²) in [5.41, 5.74) is 7.02. The molecule has 1 saturated heterocycles. The molecular formula is C11H18N4. The lowest BCUT2D eigenvalue weighted by atomic mass is 9.99. The van der Waals surface area contributed by atoms with E-state index >= 15 is 0 Å². The minimum absolute atomic E-state index is 0.377. The summed E-state index contributed by atoms with van der Waals surface area (Å²) in [6, 6.07) is 2.91. The fourth-order valence-corrected chi connectivity index (χ4v) is 2.11. The molecule has 0 aromatic carbocycles. The molecule has 82 valence electrons. The number of likely N-dealkylation sites (tertiary alicyclic amines) is 1. The topological polar surface area (TPSA) is 55.0 Å². The van der Waals surface area contributed by atoms with Crippen molar-refractivity contribution in [3.05, 3.63) is 24.3 Å². The van der Waals surface area contributed by atoms with Crippen LogP contribution in [0, 0.1) is 0 Å². The molecule has 0 spiro atoms. The van der Waals surface area contributed by atoms with Crippen molar-refractivity contribution in [2.24, 2.45) is 5.73 Å². The maximum atomic E-state index is 5.93. The van der Waals surface area contributed by atoms with Crippen LogP contribution in [0.3, 0.4) is 0 Å². The molecule has 1 aromatic heterocycles. The van der Waals surface area contributed by atoms with Gasteiger partial charge in [-0.15, -0.1) is 0 Å². The maximum Gasteiger partial charge on any atom is 0.115 e. The van der Waals surface area contributed by atoms with Crippen LogP contribution in [-0.2, 0) is 6.54 Å². The number of piperidine rings is 1. The van der Waals surface area contributed by atoms with Crippen LogP contribution < -0.4 is 5.73 Å². The normalized spacial score (nSPS) is 27.9. The van der Waals surface area contributed by atoms with Gasteiger partial charge in [0, 0.05) is 31.4 Å². The third kappa shape index (κ3) is 2.73. The van der Waals surface area contributed by atoms with Gasteiger partial charge in [-0.05, 0) is 25.8 Å². The average Bonchev–Trinajstić information content (AvgIpc) is 2.24. The third-order valence-electron chi connectivity index (χ3n) is 3.06. The number of aromatic nitrogens is 2. The van der Waals surface area contributed by atoms with Gasteiger partial charge in [0.05, 0.1) is 5.69 Å². The van der Waals surface area contributed by atoms with Gasteiger partial charge in [0.1, 0.15) is 6.33 Å². The first-order valence-corrected chi connectivity index (χ1v) is 5.50. The zero-order chi connectivity index (χ0) is 10.7. The van der Waals surface area contributed by atoms with E-state index < -0.39 is 0 Å². The second-order valence-electron chi connectivity index (χ2n) is 4.30. The summed E-state index contributed by atoms with van der Waals surface area (Å²) in [5, 5.41) is 0. The van der Waals surface area contributed by atoms with E-state index in [-0.39, 0.29) is 0 Å². The summed E-state index contributed by atoms with van der Waals surface area (Å²) in [6.45, 7) is 4.23. The molecule has 0 amide bonds. The largest absolute Gasteiger partial charge is 0.328 e. The number of hydrogen-bond acceptors (Lipinski definition) is 4. The molecular weight excluding hydrogens is 188 g/mol. The van der Waals surface area contributed by atoms with Gasteiger partial charge in [0.2, 0.25) is 0 Å². The van der Waals surface area contributed by atoms with E-state index in [0.717, 1.165) is 31.6 Å². The lowest BCUT2D eigenvalue weighted by Gasteiger charge is -2.36. The van der Waals surface area contributed by atoms with Crippen molar-refractivity contribution >= 4 is 0 Å². The van der Waals surface area contributed by atoms with E-state index in [4.69, 9.17) is 5.73 Å². The second-order valence-corrected chi connectivity index (χ2v) is 4.30. The van der Waals surface area contributed by atoms with E-state index in [2.05, 4.69) is 21.8 Å². The molecule has 1 aliphatic rings. The Hall–Kier alpha value is -1.00. The monoisotopic (exact) mass is 206 g/mol. The highest BCUT2D eigenvalue weighted by Crippen LogP contribution is 2.17. The SMILES string of the molecule is CC1CC(N)CCN1Cc1ccncn1. The molecule has 2 N–H and O–H groups in total. The molecule has 1 aromatic rings. The van der Waals surface area contributed by atoms with E-state index in [1.807, 2.05) is 6.07 Å². The molecule has 2 atom stereocenters. The highest BCUT2D eigenvalue weighted by atomic mass is 15.2.